The third-order valence-corrected chi connectivity index (χ3v) is 4.87. The fraction of sp³-hybridized carbons (Fsp3) is 0.650. The summed E-state index contributed by atoms with van der Waals surface area (Å²) in [5.74, 6) is -7.56. The summed E-state index contributed by atoms with van der Waals surface area (Å²) in [6.07, 6.45) is -1.76. The Bertz CT molecular complexity index is 843. The molecule has 0 aliphatic carbocycles. The first kappa shape index (κ1) is 32.0. The van der Waals surface area contributed by atoms with Crippen molar-refractivity contribution in [1.82, 2.24) is 16.0 Å². The second-order valence-corrected chi connectivity index (χ2v) is 8.27. The normalized spacial score (nSPS) is 14.0. The maximum atomic E-state index is 12.7. The minimum absolute atomic E-state index is 0.0811. The number of aliphatic imine (C=N–C) groups is 1. The van der Waals surface area contributed by atoms with Gasteiger partial charge in [0.15, 0.2) is 5.96 Å². The van der Waals surface area contributed by atoms with Gasteiger partial charge in [-0.15, -0.1) is 0 Å². The number of carboxylic acid groups (broad SMARTS) is 3. The van der Waals surface area contributed by atoms with Gasteiger partial charge in [-0.2, -0.15) is 0 Å². The van der Waals surface area contributed by atoms with E-state index in [0.717, 1.165) is 0 Å². The highest BCUT2D eigenvalue weighted by Gasteiger charge is 2.32. The van der Waals surface area contributed by atoms with E-state index in [1.165, 1.54) is 0 Å². The Kier molecular flexibility index (Phi) is 14.1. The van der Waals surface area contributed by atoms with E-state index in [4.69, 9.17) is 27.4 Å². The van der Waals surface area contributed by atoms with Gasteiger partial charge in [0.05, 0.1) is 12.5 Å². The number of carbonyl (C=O) groups excluding carboxylic acids is 3. The van der Waals surface area contributed by atoms with E-state index in [1.807, 2.05) is 0 Å². The van der Waals surface area contributed by atoms with Gasteiger partial charge in [-0.25, -0.2) is 4.79 Å². The highest BCUT2D eigenvalue weighted by molar-refractivity contribution is 5.95. The summed E-state index contributed by atoms with van der Waals surface area (Å²) in [7, 11) is 0. The highest BCUT2D eigenvalue weighted by Crippen LogP contribution is 2.06. The van der Waals surface area contributed by atoms with Gasteiger partial charge in [-0.3, -0.25) is 29.0 Å². The smallest absolute Gasteiger partial charge is 0.326 e. The molecule has 4 unspecified atom stereocenters. The number of nitrogens with two attached hydrogens (primary N) is 3. The zero-order valence-electron chi connectivity index (χ0n) is 20.1. The van der Waals surface area contributed by atoms with Crippen molar-refractivity contribution < 1.29 is 44.1 Å². The molecule has 0 saturated heterocycles. The van der Waals surface area contributed by atoms with Crippen LogP contribution in [-0.2, 0) is 28.8 Å². The average molecular weight is 518 g/mol. The molecule has 204 valence electrons. The van der Waals surface area contributed by atoms with Crippen LogP contribution in [0, 0.1) is 5.92 Å². The summed E-state index contributed by atoms with van der Waals surface area (Å²) in [4.78, 5) is 75.2. The van der Waals surface area contributed by atoms with Gasteiger partial charge in [0, 0.05) is 13.0 Å². The molecule has 0 aliphatic heterocycles. The zero-order chi connectivity index (χ0) is 28.0. The SMILES string of the molecule is CC(C)C(N)C(=O)NC(CC(=O)O)C(=O)NC(CCC(=O)O)C(=O)NC(CCCN=C(N)N)C(=O)O. The lowest BCUT2D eigenvalue weighted by Gasteiger charge is -2.25. The zero-order valence-corrected chi connectivity index (χ0v) is 20.1. The van der Waals surface area contributed by atoms with Crippen LogP contribution in [0.25, 0.3) is 0 Å². The van der Waals surface area contributed by atoms with E-state index in [9.17, 15) is 33.9 Å². The van der Waals surface area contributed by atoms with Crippen LogP contribution in [0.2, 0.25) is 0 Å². The summed E-state index contributed by atoms with van der Waals surface area (Å²) in [6.45, 7) is 3.37. The number of hydrogen-bond acceptors (Lipinski definition) is 8. The van der Waals surface area contributed by atoms with Crippen molar-refractivity contribution in [3.05, 3.63) is 0 Å². The standard InChI is InChI=1S/C20H35N7O9/c1-9(2)15(21)18(34)27-12(8-14(30)31)17(33)25-10(5-6-13(28)29)16(32)26-11(19(35)36)4-3-7-24-20(22)23/h9-12,15H,3-8,21H2,1-2H3,(H,25,33)(H,26,32)(H,27,34)(H,28,29)(H,30,31)(H,35,36)(H4,22,23,24). The molecule has 0 aliphatic rings. The van der Waals surface area contributed by atoms with E-state index in [1.54, 1.807) is 13.8 Å². The van der Waals surface area contributed by atoms with Crippen LogP contribution in [0.1, 0.15) is 46.0 Å². The molecule has 16 heteroatoms. The molecule has 0 aromatic carbocycles. The van der Waals surface area contributed by atoms with Crippen molar-refractivity contribution in [3.8, 4) is 0 Å². The number of carbonyl (C=O) groups is 6. The molecule has 4 atom stereocenters. The van der Waals surface area contributed by atoms with Gasteiger partial charge in [-0.05, 0) is 25.2 Å². The molecule has 0 radical (unpaired) electrons. The Morgan fingerprint density at radius 2 is 1.31 bits per heavy atom. The number of nitrogens with one attached hydrogen (secondary N) is 3. The minimum Gasteiger partial charge on any atom is -0.481 e. The van der Waals surface area contributed by atoms with Crippen LogP contribution >= 0.6 is 0 Å². The number of guanidine groups is 1. The Labute approximate surface area is 207 Å². The molecule has 0 saturated carbocycles. The first-order valence-electron chi connectivity index (χ1n) is 11.0. The first-order valence-corrected chi connectivity index (χ1v) is 11.0. The topological polar surface area (TPSA) is 290 Å². The fourth-order valence-corrected chi connectivity index (χ4v) is 2.80. The number of rotatable bonds is 17. The Balaban J connectivity index is 5.57. The highest BCUT2D eigenvalue weighted by atomic mass is 16.4. The average Bonchev–Trinajstić information content (AvgIpc) is 2.76. The second-order valence-electron chi connectivity index (χ2n) is 8.27. The van der Waals surface area contributed by atoms with Gasteiger partial charge in [-0.1, -0.05) is 13.8 Å². The number of carboxylic acids is 3. The van der Waals surface area contributed by atoms with Crippen LogP contribution in [0.4, 0.5) is 0 Å². The molecule has 16 nitrogen and oxygen atoms in total. The van der Waals surface area contributed by atoms with Gasteiger partial charge < -0.3 is 48.5 Å². The Morgan fingerprint density at radius 1 is 0.778 bits per heavy atom. The molecule has 0 heterocycles. The molecule has 0 spiro atoms. The molecule has 0 rings (SSSR count). The summed E-state index contributed by atoms with van der Waals surface area (Å²) < 4.78 is 0. The largest absolute Gasteiger partial charge is 0.481 e. The molecule has 3 amide bonds. The molecule has 36 heavy (non-hydrogen) atoms. The van der Waals surface area contributed by atoms with Gasteiger partial charge in [0.1, 0.15) is 18.1 Å². The molecule has 0 aromatic heterocycles. The summed E-state index contributed by atoms with van der Waals surface area (Å²) in [6, 6.07) is -5.63. The maximum absolute atomic E-state index is 12.7. The second kappa shape index (κ2) is 15.9. The van der Waals surface area contributed by atoms with Crippen molar-refractivity contribution in [1.29, 1.82) is 0 Å². The monoisotopic (exact) mass is 517 g/mol. The van der Waals surface area contributed by atoms with Gasteiger partial charge >= 0.3 is 17.9 Å². The predicted octanol–water partition coefficient (Wildman–Crippen LogP) is -3.10. The lowest BCUT2D eigenvalue weighted by molar-refractivity contribution is -0.144. The van der Waals surface area contributed by atoms with Crippen molar-refractivity contribution in [2.45, 2.75) is 70.1 Å². The lowest BCUT2D eigenvalue weighted by atomic mass is 10.0. The molecular weight excluding hydrogens is 482 g/mol. The van der Waals surface area contributed by atoms with Crippen LogP contribution in [-0.4, -0.2) is 87.6 Å². The van der Waals surface area contributed by atoms with Crippen molar-refractivity contribution >= 4 is 41.6 Å². The summed E-state index contributed by atoms with van der Waals surface area (Å²) >= 11 is 0. The fourth-order valence-electron chi connectivity index (χ4n) is 2.80. The Morgan fingerprint density at radius 3 is 1.78 bits per heavy atom. The van der Waals surface area contributed by atoms with E-state index in [-0.39, 0.29) is 31.3 Å². The van der Waals surface area contributed by atoms with Crippen LogP contribution in [0.5, 0.6) is 0 Å². The van der Waals surface area contributed by atoms with E-state index < -0.39 is 79.1 Å². The molecule has 12 N–H and O–H groups in total. The first-order chi connectivity index (χ1) is 16.6. The minimum atomic E-state index is -1.63. The number of hydrogen-bond donors (Lipinski definition) is 9. The number of amides is 3. The van der Waals surface area contributed by atoms with E-state index in [0.29, 0.717) is 0 Å². The van der Waals surface area contributed by atoms with Crippen molar-refractivity contribution in [3.63, 3.8) is 0 Å². The predicted molar refractivity (Wildman–Crippen MR) is 125 cm³/mol. The quantitative estimate of drug-likeness (QED) is 0.0526. The molecule has 0 aromatic rings. The van der Waals surface area contributed by atoms with E-state index >= 15 is 0 Å². The van der Waals surface area contributed by atoms with Crippen LogP contribution in [0.15, 0.2) is 4.99 Å². The van der Waals surface area contributed by atoms with Gasteiger partial charge in [0.25, 0.3) is 0 Å². The third kappa shape index (κ3) is 13.1. The summed E-state index contributed by atoms with van der Waals surface area (Å²) in [5.41, 5.74) is 16.1. The van der Waals surface area contributed by atoms with Crippen LogP contribution in [0.3, 0.4) is 0 Å². The van der Waals surface area contributed by atoms with E-state index in [2.05, 4.69) is 20.9 Å². The van der Waals surface area contributed by atoms with Crippen LogP contribution < -0.4 is 33.2 Å². The molecule has 0 fully saturated rings. The molecular formula is C20H35N7O9. The van der Waals surface area contributed by atoms with Crippen molar-refractivity contribution in [2.75, 3.05) is 6.54 Å². The van der Waals surface area contributed by atoms with Crippen molar-refractivity contribution in [2.24, 2.45) is 28.1 Å². The summed E-state index contributed by atoms with van der Waals surface area (Å²) in [5, 5.41) is 34.1. The third-order valence-electron chi connectivity index (χ3n) is 4.87. The Hall–Kier alpha value is -3.95. The van der Waals surface area contributed by atoms with Gasteiger partial charge in [0.2, 0.25) is 17.7 Å². The maximum Gasteiger partial charge on any atom is 0.326 e. The number of nitrogens with zero attached hydrogens (tertiary/aromatic N) is 1. The molecule has 0 bridgehead atoms. The number of aliphatic carboxylic acids is 3. The lowest BCUT2D eigenvalue weighted by Crippen LogP contribution is -2.58.